The van der Waals surface area contributed by atoms with Crippen molar-refractivity contribution in [2.45, 2.75) is 37.4 Å². The lowest BCUT2D eigenvalue weighted by Gasteiger charge is -2.29. The molecule has 0 radical (unpaired) electrons. The fourth-order valence-electron chi connectivity index (χ4n) is 3.82. The molecule has 3 aromatic rings. The number of ether oxygens (including phenoxy) is 4. The highest BCUT2D eigenvalue weighted by atomic mass is 16.7. The van der Waals surface area contributed by atoms with Gasteiger partial charge in [-0.25, -0.2) is 4.79 Å². The van der Waals surface area contributed by atoms with Crippen LogP contribution in [-0.2, 0) is 32.2 Å². The molecular weight excluding hydrogens is 428 g/mol. The van der Waals surface area contributed by atoms with Crippen LogP contribution in [0.1, 0.15) is 17.4 Å². The van der Waals surface area contributed by atoms with Gasteiger partial charge >= 0.3 is 5.69 Å². The van der Waals surface area contributed by atoms with Crippen molar-refractivity contribution in [3.63, 3.8) is 0 Å². The molecule has 1 fully saturated rings. The normalized spacial score (nSPS) is 24.7. The Labute approximate surface area is 190 Å². The molecule has 1 aromatic heterocycles. The van der Waals surface area contributed by atoms with E-state index in [0.717, 1.165) is 15.7 Å². The van der Waals surface area contributed by atoms with Gasteiger partial charge in [0.1, 0.15) is 18.8 Å². The van der Waals surface area contributed by atoms with E-state index >= 15 is 0 Å². The average molecular weight is 454 g/mol. The summed E-state index contributed by atoms with van der Waals surface area (Å²) >= 11 is 0. The highest BCUT2D eigenvalue weighted by molar-refractivity contribution is 5.14. The second-order valence-corrected chi connectivity index (χ2v) is 7.77. The maximum Gasteiger partial charge on any atom is 0.330 e. The molecule has 0 saturated carbocycles. The molecule has 9 nitrogen and oxygen atoms in total. The SMILES string of the molecule is CO[C@H]1[C@H](n2ccc(=O)[nH]c2=O)O[C@](O)(COCc2ccccc2)[C@H]1OCc1ccccc1. The first-order chi connectivity index (χ1) is 16.0. The van der Waals surface area contributed by atoms with Crippen molar-refractivity contribution in [2.75, 3.05) is 13.7 Å². The Balaban J connectivity index is 1.58. The van der Waals surface area contributed by atoms with E-state index in [1.54, 1.807) is 0 Å². The highest BCUT2D eigenvalue weighted by Gasteiger charge is 2.57. The first kappa shape index (κ1) is 23.1. The summed E-state index contributed by atoms with van der Waals surface area (Å²) in [5, 5.41) is 11.4. The van der Waals surface area contributed by atoms with E-state index < -0.39 is 35.5 Å². The van der Waals surface area contributed by atoms with Gasteiger partial charge in [-0.2, -0.15) is 0 Å². The highest BCUT2D eigenvalue weighted by Crippen LogP contribution is 2.39. The van der Waals surface area contributed by atoms with Gasteiger partial charge in [0.15, 0.2) is 6.23 Å². The van der Waals surface area contributed by atoms with Gasteiger partial charge in [-0.05, 0) is 11.1 Å². The van der Waals surface area contributed by atoms with Crippen LogP contribution in [0.25, 0.3) is 0 Å². The van der Waals surface area contributed by atoms with E-state index in [4.69, 9.17) is 18.9 Å². The standard InChI is InChI=1S/C24H26N2O7/c1-30-20-21(32-15-18-10-6-3-7-11-18)24(29,16-31-14-17-8-4-2-5-9-17)33-22(20)26-13-12-19(27)25-23(26)28/h2-13,20-22,29H,14-16H2,1H3,(H,25,27,28)/t20-,21+,22-,24-/m1/s1. The maximum absolute atomic E-state index is 12.4. The molecule has 9 heteroatoms. The third-order valence-electron chi connectivity index (χ3n) is 5.44. The van der Waals surface area contributed by atoms with Crippen molar-refractivity contribution in [3.8, 4) is 0 Å². The topological polar surface area (TPSA) is 112 Å². The number of hydrogen-bond acceptors (Lipinski definition) is 7. The van der Waals surface area contributed by atoms with E-state index in [0.29, 0.717) is 0 Å². The third kappa shape index (κ3) is 5.29. The van der Waals surface area contributed by atoms with E-state index in [1.165, 1.54) is 19.4 Å². The summed E-state index contributed by atoms with van der Waals surface area (Å²) in [6, 6.07) is 20.2. The Bertz CT molecular complexity index is 1150. The van der Waals surface area contributed by atoms with Crippen LogP contribution in [0.2, 0.25) is 0 Å². The Morgan fingerprint density at radius 1 is 1.00 bits per heavy atom. The van der Waals surface area contributed by atoms with Crippen molar-refractivity contribution < 1.29 is 24.1 Å². The molecule has 2 N–H and O–H groups in total. The van der Waals surface area contributed by atoms with Crippen LogP contribution in [0.15, 0.2) is 82.5 Å². The Hall–Kier alpha value is -3.08. The molecule has 2 heterocycles. The molecular formula is C24H26N2O7. The molecule has 33 heavy (non-hydrogen) atoms. The smallest absolute Gasteiger partial charge is 0.330 e. The van der Waals surface area contributed by atoms with Crippen LogP contribution in [0.5, 0.6) is 0 Å². The average Bonchev–Trinajstić information content (AvgIpc) is 3.10. The fourth-order valence-corrected chi connectivity index (χ4v) is 3.82. The van der Waals surface area contributed by atoms with Crippen LogP contribution in [0.4, 0.5) is 0 Å². The van der Waals surface area contributed by atoms with Crippen molar-refractivity contribution >= 4 is 0 Å². The number of aromatic amines is 1. The monoisotopic (exact) mass is 454 g/mol. The molecule has 4 rings (SSSR count). The van der Waals surface area contributed by atoms with Crippen molar-refractivity contribution in [2.24, 2.45) is 0 Å². The summed E-state index contributed by atoms with van der Waals surface area (Å²) in [7, 11) is 1.44. The Morgan fingerprint density at radius 3 is 2.24 bits per heavy atom. The number of rotatable bonds is 9. The van der Waals surface area contributed by atoms with Gasteiger partial charge in [0.25, 0.3) is 5.56 Å². The van der Waals surface area contributed by atoms with E-state index in [2.05, 4.69) is 4.98 Å². The number of nitrogens with one attached hydrogen (secondary N) is 1. The molecule has 0 unspecified atom stereocenters. The van der Waals surface area contributed by atoms with Gasteiger partial charge in [-0.15, -0.1) is 0 Å². The van der Waals surface area contributed by atoms with Gasteiger partial charge in [-0.1, -0.05) is 60.7 Å². The fraction of sp³-hybridized carbons (Fsp3) is 0.333. The molecule has 4 atom stereocenters. The zero-order chi connectivity index (χ0) is 23.3. The summed E-state index contributed by atoms with van der Waals surface area (Å²) in [5.41, 5.74) is 0.592. The second kappa shape index (κ2) is 10.2. The Morgan fingerprint density at radius 2 is 1.64 bits per heavy atom. The van der Waals surface area contributed by atoms with E-state index in [9.17, 15) is 14.7 Å². The molecule has 174 valence electrons. The van der Waals surface area contributed by atoms with Crippen molar-refractivity contribution in [1.82, 2.24) is 9.55 Å². The lowest BCUT2D eigenvalue weighted by Crippen LogP contribution is -2.49. The van der Waals surface area contributed by atoms with Crippen LogP contribution in [0, 0.1) is 0 Å². The molecule has 2 aromatic carbocycles. The summed E-state index contributed by atoms with van der Waals surface area (Å²) in [6.07, 6.45) is -1.60. The van der Waals surface area contributed by atoms with Crippen LogP contribution in [-0.4, -0.2) is 46.4 Å². The number of hydrogen-bond donors (Lipinski definition) is 2. The Kier molecular flexibility index (Phi) is 7.17. The predicted molar refractivity (Wildman–Crippen MR) is 118 cm³/mol. The second-order valence-electron chi connectivity index (χ2n) is 7.77. The minimum absolute atomic E-state index is 0.183. The number of aromatic nitrogens is 2. The van der Waals surface area contributed by atoms with E-state index in [-0.39, 0.29) is 19.8 Å². The quantitative estimate of drug-likeness (QED) is 0.505. The minimum atomic E-state index is -1.91. The summed E-state index contributed by atoms with van der Waals surface area (Å²) < 4.78 is 24.5. The third-order valence-corrected chi connectivity index (χ3v) is 5.44. The predicted octanol–water partition coefficient (Wildman–Crippen LogP) is 1.57. The first-order valence-corrected chi connectivity index (χ1v) is 10.5. The minimum Gasteiger partial charge on any atom is -0.374 e. The van der Waals surface area contributed by atoms with Crippen molar-refractivity contribution in [3.05, 3.63) is 105 Å². The summed E-state index contributed by atoms with van der Waals surface area (Å²) in [5.74, 6) is -1.91. The van der Waals surface area contributed by atoms with Gasteiger partial charge in [0.05, 0.1) is 13.2 Å². The van der Waals surface area contributed by atoms with Crippen molar-refractivity contribution in [1.29, 1.82) is 0 Å². The summed E-state index contributed by atoms with van der Waals surface area (Å²) in [6.45, 7) is 0.206. The van der Waals surface area contributed by atoms with Gasteiger partial charge in [0, 0.05) is 19.4 Å². The van der Waals surface area contributed by atoms with Crippen LogP contribution >= 0.6 is 0 Å². The lowest BCUT2D eigenvalue weighted by molar-refractivity contribution is -0.271. The van der Waals surface area contributed by atoms with Crippen LogP contribution in [0.3, 0.4) is 0 Å². The zero-order valence-corrected chi connectivity index (χ0v) is 18.1. The zero-order valence-electron chi connectivity index (χ0n) is 18.1. The molecule has 0 amide bonds. The number of nitrogens with zero attached hydrogens (tertiary/aromatic N) is 1. The molecule has 1 saturated heterocycles. The molecule has 0 bridgehead atoms. The largest absolute Gasteiger partial charge is 0.374 e. The molecule has 0 spiro atoms. The van der Waals surface area contributed by atoms with Crippen LogP contribution < -0.4 is 11.2 Å². The lowest BCUT2D eigenvalue weighted by atomic mass is 10.1. The molecule has 1 aliphatic heterocycles. The number of benzene rings is 2. The first-order valence-electron chi connectivity index (χ1n) is 10.5. The summed E-state index contributed by atoms with van der Waals surface area (Å²) in [4.78, 5) is 26.1. The van der Waals surface area contributed by atoms with E-state index in [1.807, 2.05) is 60.7 Å². The number of H-pyrrole nitrogens is 1. The molecule has 0 aliphatic carbocycles. The van der Waals surface area contributed by atoms with Gasteiger partial charge < -0.3 is 24.1 Å². The maximum atomic E-state index is 12.4. The molecule has 1 aliphatic rings. The van der Waals surface area contributed by atoms with Gasteiger partial charge in [0.2, 0.25) is 5.79 Å². The number of methoxy groups -OCH3 is 1. The van der Waals surface area contributed by atoms with Gasteiger partial charge in [-0.3, -0.25) is 14.3 Å². The number of aliphatic hydroxyl groups is 1.